The Balaban J connectivity index is 2.36. The van der Waals surface area contributed by atoms with E-state index in [1.807, 2.05) is 0 Å². The van der Waals surface area contributed by atoms with Crippen LogP contribution < -0.4 is 10.4 Å². The fraction of sp³-hybridized carbons (Fsp3) is 0.250. The Hall–Kier alpha value is -1.13. The Morgan fingerprint density at radius 1 is 0.722 bits per heavy atom. The molecule has 0 saturated carbocycles. The molecule has 2 aromatic carbocycles. The van der Waals surface area contributed by atoms with E-state index in [1.165, 1.54) is 0 Å². The van der Waals surface area contributed by atoms with Crippen LogP contribution in [0.3, 0.4) is 0 Å². The van der Waals surface area contributed by atoms with Crippen LogP contribution in [0.5, 0.6) is 0 Å². The summed E-state index contributed by atoms with van der Waals surface area (Å²) in [5.74, 6) is 0. The van der Waals surface area contributed by atoms with Crippen molar-refractivity contribution in [2.75, 3.05) is 0 Å². The maximum Gasteiger partial charge on any atom is 0.0896 e. The monoisotopic (exact) mass is 270 g/mol. The van der Waals surface area contributed by atoms with Gasteiger partial charge in [0, 0.05) is 9.04 Å². The highest BCUT2D eigenvalue weighted by atomic mass is 29.2. The van der Waals surface area contributed by atoms with Crippen molar-refractivity contribution in [1.29, 1.82) is 0 Å². The van der Waals surface area contributed by atoms with E-state index in [0.29, 0.717) is 5.04 Å². The predicted molar refractivity (Wildman–Crippen MR) is 87.6 cm³/mol. The van der Waals surface area contributed by atoms with Gasteiger partial charge in [-0.25, -0.2) is 0 Å². The van der Waals surface area contributed by atoms with E-state index in [2.05, 4.69) is 81.4 Å². The summed E-state index contributed by atoms with van der Waals surface area (Å²) in [6.07, 6.45) is 0. The Morgan fingerprint density at radius 3 is 1.44 bits per heavy atom. The summed E-state index contributed by atoms with van der Waals surface area (Å²) in [6, 6.07) is 22.4. The number of rotatable bonds is 3. The molecule has 0 atom stereocenters. The lowest BCUT2D eigenvalue weighted by atomic mass is 10.3. The molecule has 0 aliphatic carbocycles. The van der Waals surface area contributed by atoms with Crippen LogP contribution in [0.1, 0.15) is 20.8 Å². The normalized spacial score (nSPS) is 12.4. The third kappa shape index (κ3) is 3.68. The molecule has 2 rings (SSSR count). The van der Waals surface area contributed by atoms with Crippen molar-refractivity contribution in [2.24, 2.45) is 0 Å². The van der Waals surface area contributed by atoms with Crippen molar-refractivity contribution in [3.63, 3.8) is 0 Å². The molecular formula is C16H22Si2. The summed E-state index contributed by atoms with van der Waals surface area (Å²) < 4.78 is 0. The van der Waals surface area contributed by atoms with E-state index in [9.17, 15) is 0 Å². The van der Waals surface area contributed by atoms with Gasteiger partial charge >= 0.3 is 0 Å². The first-order chi connectivity index (χ1) is 8.56. The van der Waals surface area contributed by atoms with Crippen molar-refractivity contribution in [3.8, 4) is 0 Å². The third-order valence-corrected chi connectivity index (χ3v) is 15.0. The topological polar surface area (TPSA) is 0 Å². The Labute approximate surface area is 114 Å². The lowest BCUT2D eigenvalue weighted by molar-refractivity contribution is 0.762. The van der Waals surface area contributed by atoms with Gasteiger partial charge in [0.15, 0.2) is 0 Å². The van der Waals surface area contributed by atoms with Gasteiger partial charge in [0.1, 0.15) is 0 Å². The molecule has 2 heteroatoms. The Kier molecular flexibility index (Phi) is 4.20. The van der Waals surface area contributed by atoms with E-state index in [4.69, 9.17) is 0 Å². The minimum Gasteiger partial charge on any atom is -0.0634 e. The molecule has 0 bridgehead atoms. The summed E-state index contributed by atoms with van der Waals surface area (Å²) in [7, 11) is -1.03. The lowest BCUT2D eigenvalue weighted by Crippen LogP contribution is -2.50. The summed E-state index contributed by atoms with van der Waals surface area (Å²) in [6.45, 7) is 7.22. The Bertz CT molecular complexity index is 432. The molecule has 0 saturated heterocycles. The van der Waals surface area contributed by atoms with Crippen LogP contribution >= 0.6 is 0 Å². The predicted octanol–water partition coefficient (Wildman–Crippen LogP) is 1.91. The van der Waals surface area contributed by atoms with Gasteiger partial charge < -0.3 is 0 Å². The summed E-state index contributed by atoms with van der Waals surface area (Å²) in [5.41, 5.74) is 0. The van der Waals surface area contributed by atoms with Crippen molar-refractivity contribution >= 4 is 27.7 Å². The second-order valence-corrected chi connectivity index (χ2v) is 14.8. The summed E-state index contributed by atoms with van der Waals surface area (Å²) in [4.78, 5) is 0. The molecule has 18 heavy (non-hydrogen) atoms. The van der Waals surface area contributed by atoms with Crippen molar-refractivity contribution in [1.82, 2.24) is 0 Å². The second kappa shape index (κ2) is 5.68. The van der Waals surface area contributed by atoms with Crippen molar-refractivity contribution in [3.05, 3.63) is 60.7 Å². The van der Waals surface area contributed by atoms with Crippen LogP contribution in [0.2, 0.25) is 5.04 Å². The van der Waals surface area contributed by atoms with Crippen molar-refractivity contribution < 1.29 is 0 Å². The molecule has 0 fully saturated rings. The molecule has 0 N–H and O–H groups in total. The van der Waals surface area contributed by atoms with Crippen LogP contribution in [0, 0.1) is 0 Å². The molecule has 0 spiro atoms. The van der Waals surface area contributed by atoms with E-state index in [-0.39, 0.29) is 9.04 Å². The number of benzene rings is 2. The zero-order chi connectivity index (χ0) is 13.0. The second-order valence-electron chi connectivity index (χ2n) is 6.14. The molecule has 0 amide bonds. The smallest absolute Gasteiger partial charge is 0.0634 e. The number of hydrogen-bond donors (Lipinski definition) is 0. The molecule has 0 unspecified atom stereocenters. The molecule has 0 aromatic heterocycles. The quantitative estimate of drug-likeness (QED) is 0.748. The van der Waals surface area contributed by atoms with Crippen LogP contribution in [0.25, 0.3) is 0 Å². The van der Waals surface area contributed by atoms with Gasteiger partial charge in [-0.05, 0) is 0 Å². The van der Waals surface area contributed by atoms with Crippen LogP contribution in [-0.2, 0) is 0 Å². The molecule has 0 heterocycles. The van der Waals surface area contributed by atoms with Crippen LogP contribution in [-0.4, -0.2) is 17.4 Å². The maximum atomic E-state index is 2.41. The van der Waals surface area contributed by atoms with Gasteiger partial charge in [-0.2, -0.15) is 0 Å². The molecule has 94 valence electrons. The van der Waals surface area contributed by atoms with Crippen molar-refractivity contribution in [2.45, 2.75) is 25.8 Å². The highest BCUT2D eigenvalue weighted by Crippen LogP contribution is 2.20. The largest absolute Gasteiger partial charge is 0.0896 e. The molecule has 0 radical (unpaired) electrons. The van der Waals surface area contributed by atoms with Gasteiger partial charge in [-0.3, -0.25) is 0 Å². The van der Waals surface area contributed by atoms with Gasteiger partial charge in [0.05, 0.1) is 8.31 Å². The lowest BCUT2D eigenvalue weighted by Gasteiger charge is -2.25. The molecule has 0 aliphatic heterocycles. The van der Waals surface area contributed by atoms with E-state index >= 15 is 0 Å². The summed E-state index contributed by atoms with van der Waals surface area (Å²) in [5, 5.41) is 3.76. The number of hydrogen-bond acceptors (Lipinski definition) is 0. The highest BCUT2D eigenvalue weighted by molar-refractivity contribution is 7.26. The Morgan fingerprint density at radius 2 is 1.11 bits per heavy atom. The summed E-state index contributed by atoms with van der Waals surface area (Å²) >= 11 is 0. The first-order valence-electron chi connectivity index (χ1n) is 6.66. The van der Waals surface area contributed by atoms with Crippen LogP contribution in [0.15, 0.2) is 60.7 Å². The minimum atomic E-state index is -0.937. The SMILES string of the molecule is CC(C)(C)[SiH2][SiH](c1ccccc1)c1ccccc1. The molecule has 0 aliphatic rings. The molecular weight excluding hydrogens is 248 g/mol. The first kappa shape index (κ1) is 13.3. The average molecular weight is 271 g/mol. The van der Waals surface area contributed by atoms with E-state index < -0.39 is 8.31 Å². The fourth-order valence-corrected chi connectivity index (χ4v) is 12.6. The average Bonchev–Trinajstić information content (AvgIpc) is 2.37. The third-order valence-electron chi connectivity index (χ3n) is 3.22. The van der Waals surface area contributed by atoms with Gasteiger partial charge in [0.25, 0.3) is 0 Å². The van der Waals surface area contributed by atoms with E-state index in [0.717, 1.165) is 0 Å². The van der Waals surface area contributed by atoms with Crippen LogP contribution in [0.4, 0.5) is 0 Å². The fourth-order valence-electron chi connectivity index (χ4n) is 2.41. The standard InChI is InChI=1S/C16H22Si2/c1-16(2,3)17-18(14-10-6-4-7-11-14)15-12-8-5-9-13-15/h4-13,18H,17H2,1-3H3. The zero-order valence-electron chi connectivity index (χ0n) is 11.6. The highest BCUT2D eigenvalue weighted by Gasteiger charge is 2.23. The minimum absolute atomic E-state index is 0.0940. The van der Waals surface area contributed by atoms with Gasteiger partial charge in [-0.15, -0.1) is 0 Å². The molecule has 0 nitrogen and oxygen atoms in total. The van der Waals surface area contributed by atoms with Gasteiger partial charge in [-0.1, -0.05) is 96.8 Å². The first-order valence-corrected chi connectivity index (χ1v) is 11.8. The maximum absolute atomic E-state index is 2.41. The van der Waals surface area contributed by atoms with Gasteiger partial charge in [0.2, 0.25) is 0 Å². The van der Waals surface area contributed by atoms with E-state index in [1.54, 1.807) is 10.4 Å². The molecule has 2 aromatic rings. The zero-order valence-corrected chi connectivity index (χ0v) is 14.1.